The number of halogens is 1. The highest BCUT2D eigenvalue weighted by atomic mass is 35.5. The summed E-state index contributed by atoms with van der Waals surface area (Å²) in [6.45, 7) is 0.466. The van der Waals surface area contributed by atoms with Crippen LogP contribution in [0.5, 0.6) is 0 Å². The van der Waals surface area contributed by atoms with Crippen molar-refractivity contribution in [2.75, 3.05) is 0 Å². The summed E-state index contributed by atoms with van der Waals surface area (Å²) in [6.07, 6.45) is 11.7. The van der Waals surface area contributed by atoms with Crippen molar-refractivity contribution < 1.29 is 14.7 Å². The van der Waals surface area contributed by atoms with E-state index in [1.54, 1.807) is 16.9 Å². The third-order valence-corrected chi connectivity index (χ3v) is 7.76. The molecule has 9 heteroatoms. The molecule has 0 unspecified atom stereocenters. The molecule has 176 valence electrons. The maximum absolute atomic E-state index is 13.3. The first-order valence-electron chi connectivity index (χ1n) is 11.9. The number of hydrogen-bond donors (Lipinski definition) is 2. The van der Waals surface area contributed by atoms with Crippen molar-refractivity contribution in [1.82, 2.24) is 25.1 Å². The van der Waals surface area contributed by atoms with E-state index in [0.717, 1.165) is 60.8 Å². The Hall–Kier alpha value is -3.00. The van der Waals surface area contributed by atoms with Gasteiger partial charge >= 0.3 is 5.97 Å². The molecule has 2 N–H and O–H groups in total. The quantitative estimate of drug-likeness (QED) is 0.526. The first kappa shape index (κ1) is 21.5. The van der Waals surface area contributed by atoms with E-state index in [9.17, 15) is 9.59 Å². The topological polar surface area (TPSA) is 110 Å². The Morgan fingerprint density at radius 2 is 1.85 bits per heavy atom. The average molecular weight is 480 g/mol. The van der Waals surface area contributed by atoms with Crippen LogP contribution in [0.3, 0.4) is 0 Å². The summed E-state index contributed by atoms with van der Waals surface area (Å²) >= 11 is 6.32. The van der Waals surface area contributed by atoms with Gasteiger partial charge in [-0.05, 0) is 62.0 Å². The van der Waals surface area contributed by atoms with Crippen LogP contribution in [0.25, 0.3) is 10.9 Å². The van der Waals surface area contributed by atoms with Crippen LogP contribution in [0.15, 0.2) is 30.7 Å². The normalized spacial score (nSPS) is 25.7. The minimum Gasteiger partial charge on any atom is -0.481 e. The zero-order chi connectivity index (χ0) is 23.4. The van der Waals surface area contributed by atoms with Crippen LogP contribution >= 0.6 is 11.6 Å². The van der Waals surface area contributed by atoms with Gasteiger partial charge in [0.25, 0.3) is 5.91 Å². The molecule has 3 fully saturated rings. The lowest BCUT2D eigenvalue weighted by molar-refractivity contribution is -0.142. The van der Waals surface area contributed by atoms with Crippen LogP contribution in [-0.2, 0) is 11.3 Å². The van der Waals surface area contributed by atoms with Crippen molar-refractivity contribution in [1.29, 1.82) is 0 Å². The molecule has 3 aromatic rings. The minimum atomic E-state index is -0.726. The van der Waals surface area contributed by atoms with Crippen molar-refractivity contribution in [2.24, 2.45) is 11.3 Å². The zero-order valence-corrected chi connectivity index (χ0v) is 19.5. The second-order valence-corrected chi connectivity index (χ2v) is 10.8. The third-order valence-electron chi connectivity index (χ3n) is 7.54. The summed E-state index contributed by atoms with van der Waals surface area (Å²) in [4.78, 5) is 33.1. The number of nitrogens with zero attached hydrogens (tertiary/aromatic N) is 4. The number of aliphatic carboxylic acids is 1. The lowest BCUT2D eigenvalue weighted by Crippen LogP contribution is -2.56. The highest BCUT2D eigenvalue weighted by molar-refractivity contribution is 6.32. The molecule has 1 aromatic carbocycles. The van der Waals surface area contributed by atoms with Gasteiger partial charge < -0.3 is 10.4 Å². The van der Waals surface area contributed by atoms with E-state index in [0.29, 0.717) is 23.0 Å². The van der Waals surface area contributed by atoms with Gasteiger partial charge in [0, 0.05) is 46.7 Å². The van der Waals surface area contributed by atoms with Crippen LogP contribution in [0, 0.1) is 11.3 Å². The Labute approximate surface area is 201 Å². The third kappa shape index (κ3) is 4.04. The molecule has 0 radical (unpaired) electrons. The van der Waals surface area contributed by atoms with Crippen molar-refractivity contribution in [3.63, 3.8) is 0 Å². The number of rotatable bonds is 7. The molecule has 8 nitrogen and oxygen atoms in total. The van der Waals surface area contributed by atoms with Gasteiger partial charge in [0.2, 0.25) is 0 Å². The van der Waals surface area contributed by atoms with Crippen LogP contribution in [0.1, 0.15) is 72.6 Å². The summed E-state index contributed by atoms with van der Waals surface area (Å²) in [5.74, 6) is 0.802. The molecule has 0 bridgehead atoms. The minimum absolute atomic E-state index is 0.104. The molecule has 3 saturated carbocycles. The van der Waals surface area contributed by atoms with E-state index in [4.69, 9.17) is 16.7 Å². The summed E-state index contributed by atoms with van der Waals surface area (Å²) < 4.78 is 1.81. The Morgan fingerprint density at radius 1 is 1.12 bits per heavy atom. The molecule has 2 aromatic heterocycles. The van der Waals surface area contributed by atoms with Crippen molar-refractivity contribution >= 4 is 34.4 Å². The summed E-state index contributed by atoms with van der Waals surface area (Å²) in [7, 11) is 0. The van der Waals surface area contributed by atoms with Crippen LogP contribution in [-0.4, -0.2) is 42.8 Å². The van der Waals surface area contributed by atoms with E-state index in [2.05, 4.69) is 20.4 Å². The Balaban J connectivity index is 1.16. The van der Waals surface area contributed by atoms with Crippen molar-refractivity contribution in [3.8, 4) is 0 Å². The molecule has 0 saturated heterocycles. The van der Waals surface area contributed by atoms with Gasteiger partial charge in [0.1, 0.15) is 5.82 Å². The number of carbonyl (C=O) groups is 2. The van der Waals surface area contributed by atoms with Gasteiger partial charge in [0.05, 0.1) is 23.8 Å². The van der Waals surface area contributed by atoms with Crippen LogP contribution in [0.4, 0.5) is 0 Å². The molecule has 3 aliphatic rings. The number of nitrogens with one attached hydrogen (secondary N) is 1. The predicted molar refractivity (Wildman–Crippen MR) is 126 cm³/mol. The van der Waals surface area contributed by atoms with E-state index in [-0.39, 0.29) is 29.7 Å². The van der Waals surface area contributed by atoms with Gasteiger partial charge in [0.15, 0.2) is 0 Å². The Morgan fingerprint density at radius 3 is 2.53 bits per heavy atom. The van der Waals surface area contributed by atoms with Gasteiger partial charge in [-0.25, -0.2) is 9.97 Å². The number of benzene rings is 1. The fraction of sp³-hybridized carbons (Fsp3) is 0.480. The summed E-state index contributed by atoms with van der Waals surface area (Å²) in [6, 6.07) is 3.62. The first-order valence-corrected chi connectivity index (χ1v) is 12.2. The number of carboxylic acid groups (broad SMARTS) is 1. The predicted octanol–water partition coefficient (Wildman–Crippen LogP) is 4.17. The van der Waals surface area contributed by atoms with Crippen molar-refractivity contribution in [2.45, 2.75) is 63.5 Å². The molecule has 0 atom stereocenters. The van der Waals surface area contributed by atoms with E-state index < -0.39 is 5.97 Å². The smallest absolute Gasteiger partial charge is 0.303 e. The number of carbonyl (C=O) groups excluding carboxylic acids is 1. The molecule has 1 amide bonds. The van der Waals surface area contributed by atoms with Crippen LogP contribution < -0.4 is 5.32 Å². The average Bonchev–Trinajstić information content (AvgIpc) is 3.52. The number of carboxylic acids is 1. The lowest BCUT2D eigenvalue weighted by Gasteiger charge is -2.57. The second kappa shape index (κ2) is 8.05. The maximum atomic E-state index is 13.3. The molecular weight excluding hydrogens is 454 g/mol. The van der Waals surface area contributed by atoms with E-state index in [1.807, 2.05) is 18.5 Å². The zero-order valence-electron chi connectivity index (χ0n) is 18.7. The number of aromatic nitrogens is 4. The van der Waals surface area contributed by atoms with Gasteiger partial charge in [-0.1, -0.05) is 11.6 Å². The largest absolute Gasteiger partial charge is 0.481 e. The van der Waals surface area contributed by atoms with Crippen molar-refractivity contribution in [3.05, 3.63) is 52.7 Å². The highest BCUT2D eigenvalue weighted by Gasteiger charge is 2.53. The number of amides is 1. The molecule has 34 heavy (non-hydrogen) atoms. The summed E-state index contributed by atoms with van der Waals surface area (Å²) in [5.41, 5.74) is 2.40. The van der Waals surface area contributed by atoms with Gasteiger partial charge in [-0.2, -0.15) is 5.10 Å². The second-order valence-electron chi connectivity index (χ2n) is 10.4. The molecule has 6 rings (SSSR count). The molecule has 1 spiro atoms. The lowest BCUT2D eigenvalue weighted by atomic mass is 9.49. The monoisotopic (exact) mass is 479 g/mol. The molecule has 3 aliphatic carbocycles. The fourth-order valence-corrected chi connectivity index (χ4v) is 6.13. The summed E-state index contributed by atoms with van der Waals surface area (Å²) in [5, 5.41) is 17.9. The maximum Gasteiger partial charge on any atom is 0.303 e. The molecular formula is C25H26ClN5O3. The molecule has 0 aliphatic heterocycles. The molecule has 2 heterocycles. The van der Waals surface area contributed by atoms with Gasteiger partial charge in [-0.3, -0.25) is 14.3 Å². The first-order chi connectivity index (χ1) is 16.4. The van der Waals surface area contributed by atoms with Gasteiger partial charge in [-0.15, -0.1) is 0 Å². The SMILES string of the molecule is O=C(O)CC1CC2(C1)CC(NC(=O)c1cc(Cl)cc3cnn(Cc4cnc(C5CC5)nc4)c13)C2. The Bertz CT molecular complexity index is 1270. The highest BCUT2D eigenvalue weighted by Crippen LogP contribution is 2.59. The number of fused-ring (bicyclic) bond motifs is 1. The standard InChI is InChI=1S/C25H26ClN5O3/c26-18-4-17-12-29-31(13-15-10-27-23(28-11-15)16-1-2-16)22(17)20(5-18)24(34)30-19-8-25(9-19)6-14(7-25)3-21(32)33/h4-5,10-12,14,16,19H,1-3,6-9,13H2,(H,30,34)(H,32,33). The van der Waals surface area contributed by atoms with Crippen LogP contribution in [0.2, 0.25) is 5.02 Å². The van der Waals surface area contributed by atoms with E-state index >= 15 is 0 Å². The number of hydrogen-bond acceptors (Lipinski definition) is 5. The van der Waals surface area contributed by atoms with E-state index in [1.165, 1.54) is 0 Å². The Kier molecular flexibility index (Phi) is 5.09. The fourth-order valence-electron chi connectivity index (χ4n) is 5.90.